The molecule has 2 rings (SSSR count). The molecular formula is C16H22FIN2O. The third kappa shape index (κ3) is 3.74. The van der Waals surface area contributed by atoms with Gasteiger partial charge in [-0.25, -0.2) is 4.39 Å². The first kappa shape index (κ1) is 16.7. The molecule has 0 spiro atoms. The topological polar surface area (TPSA) is 46.3 Å². The number of carbonyl (C=O) groups is 1. The Balaban J connectivity index is 2.25. The summed E-state index contributed by atoms with van der Waals surface area (Å²) in [5.41, 5.74) is 6.47. The third-order valence-electron chi connectivity index (χ3n) is 4.34. The maximum atomic E-state index is 13.2. The lowest BCUT2D eigenvalue weighted by molar-refractivity contribution is 0.0559. The summed E-state index contributed by atoms with van der Waals surface area (Å²) in [5.74, 6) is 0.0597. The van der Waals surface area contributed by atoms with Gasteiger partial charge in [0.1, 0.15) is 5.82 Å². The molecule has 1 fully saturated rings. The zero-order valence-corrected chi connectivity index (χ0v) is 14.5. The molecule has 2 N–H and O–H groups in total. The Kier molecular flexibility index (Phi) is 5.98. The zero-order chi connectivity index (χ0) is 15.4. The van der Waals surface area contributed by atoms with Crippen LogP contribution in [0.4, 0.5) is 4.39 Å². The number of hydrogen-bond donors (Lipinski definition) is 1. The van der Waals surface area contributed by atoms with E-state index in [0.717, 1.165) is 19.3 Å². The van der Waals surface area contributed by atoms with Crippen molar-refractivity contribution < 1.29 is 9.18 Å². The van der Waals surface area contributed by atoms with Crippen molar-refractivity contribution in [1.29, 1.82) is 0 Å². The van der Waals surface area contributed by atoms with Gasteiger partial charge in [-0.15, -0.1) is 0 Å². The number of amides is 1. The second kappa shape index (κ2) is 7.54. The molecule has 1 aromatic rings. The van der Waals surface area contributed by atoms with Gasteiger partial charge in [-0.2, -0.15) is 0 Å². The van der Waals surface area contributed by atoms with Crippen molar-refractivity contribution in [2.45, 2.75) is 38.6 Å². The van der Waals surface area contributed by atoms with Crippen LogP contribution in [0.25, 0.3) is 0 Å². The zero-order valence-electron chi connectivity index (χ0n) is 12.3. The summed E-state index contributed by atoms with van der Waals surface area (Å²) >= 11 is 2.02. The van der Waals surface area contributed by atoms with E-state index in [9.17, 15) is 9.18 Å². The highest BCUT2D eigenvalue weighted by molar-refractivity contribution is 14.1. The van der Waals surface area contributed by atoms with Crippen LogP contribution in [0.5, 0.6) is 0 Å². The van der Waals surface area contributed by atoms with E-state index in [1.54, 1.807) is 6.07 Å². The van der Waals surface area contributed by atoms with E-state index in [0.29, 0.717) is 28.1 Å². The number of nitrogens with two attached hydrogens (primary N) is 1. The SMILES string of the molecule is CCN(C(=O)c1ccc(F)cc1I)C1CCCCC1CN. The van der Waals surface area contributed by atoms with Gasteiger partial charge in [-0.1, -0.05) is 12.8 Å². The average Bonchev–Trinajstić information content (AvgIpc) is 2.48. The van der Waals surface area contributed by atoms with Crippen molar-refractivity contribution in [2.24, 2.45) is 11.7 Å². The van der Waals surface area contributed by atoms with Gasteiger partial charge >= 0.3 is 0 Å². The van der Waals surface area contributed by atoms with Gasteiger partial charge in [0.15, 0.2) is 0 Å². The molecule has 0 bridgehead atoms. The summed E-state index contributed by atoms with van der Waals surface area (Å²) in [6.45, 7) is 3.28. The van der Waals surface area contributed by atoms with E-state index in [1.165, 1.54) is 18.6 Å². The molecule has 0 heterocycles. The van der Waals surface area contributed by atoms with Crippen molar-refractivity contribution in [3.8, 4) is 0 Å². The molecule has 0 saturated heterocycles. The fourth-order valence-corrected chi connectivity index (χ4v) is 3.93. The van der Waals surface area contributed by atoms with Gasteiger partial charge in [0.2, 0.25) is 0 Å². The normalized spacial score (nSPS) is 22.1. The van der Waals surface area contributed by atoms with Crippen LogP contribution in [-0.2, 0) is 0 Å². The van der Waals surface area contributed by atoms with E-state index in [4.69, 9.17) is 5.73 Å². The summed E-state index contributed by atoms with van der Waals surface area (Å²) in [6, 6.07) is 4.55. The second-order valence-electron chi connectivity index (χ2n) is 5.56. The first-order valence-corrected chi connectivity index (χ1v) is 8.62. The Labute approximate surface area is 139 Å². The highest BCUT2D eigenvalue weighted by atomic mass is 127. The van der Waals surface area contributed by atoms with Crippen molar-refractivity contribution in [1.82, 2.24) is 4.90 Å². The van der Waals surface area contributed by atoms with Crippen LogP contribution in [0.2, 0.25) is 0 Å². The third-order valence-corrected chi connectivity index (χ3v) is 5.23. The highest BCUT2D eigenvalue weighted by Crippen LogP contribution is 2.29. The number of halogens is 2. The number of rotatable bonds is 4. The minimum absolute atomic E-state index is 0.00718. The van der Waals surface area contributed by atoms with Crippen molar-refractivity contribution in [3.05, 3.63) is 33.1 Å². The molecule has 1 amide bonds. The van der Waals surface area contributed by atoms with Gasteiger partial charge in [0, 0.05) is 16.2 Å². The Morgan fingerprint density at radius 3 is 2.76 bits per heavy atom. The molecule has 1 aromatic carbocycles. The lowest BCUT2D eigenvalue weighted by Gasteiger charge is -2.39. The van der Waals surface area contributed by atoms with E-state index in [2.05, 4.69) is 0 Å². The van der Waals surface area contributed by atoms with Crippen LogP contribution in [0, 0.1) is 15.3 Å². The standard InChI is InChI=1S/C16H22FIN2O/c1-2-20(15-6-4-3-5-11(15)10-19)16(21)13-8-7-12(17)9-14(13)18/h7-9,11,15H,2-6,10,19H2,1H3. The molecule has 2 unspecified atom stereocenters. The predicted molar refractivity (Wildman–Crippen MR) is 90.6 cm³/mol. The fraction of sp³-hybridized carbons (Fsp3) is 0.562. The highest BCUT2D eigenvalue weighted by Gasteiger charge is 2.32. The van der Waals surface area contributed by atoms with Crippen LogP contribution in [-0.4, -0.2) is 29.9 Å². The maximum Gasteiger partial charge on any atom is 0.255 e. The van der Waals surface area contributed by atoms with Crippen LogP contribution < -0.4 is 5.73 Å². The Hall–Kier alpha value is -0.690. The van der Waals surface area contributed by atoms with E-state index >= 15 is 0 Å². The summed E-state index contributed by atoms with van der Waals surface area (Å²) in [5, 5.41) is 0. The molecule has 5 heteroatoms. The molecule has 2 atom stereocenters. The van der Waals surface area contributed by atoms with Gasteiger partial charge in [0.05, 0.1) is 5.56 Å². The Morgan fingerprint density at radius 2 is 2.14 bits per heavy atom. The largest absolute Gasteiger partial charge is 0.336 e. The number of benzene rings is 1. The summed E-state index contributed by atoms with van der Waals surface area (Å²) in [4.78, 5) is 14.7. The number of nitrogens with zero attached hydrogens (tertiary/aromatic N) is 1. The smallest absolute Gasteiger partial charge is 0.255 e. The van der Waals surface area contributed by atoms with Crippen molar-refractivity contribution in [2.75, 3.05) is 13.1 Å². The average molecular weight is 404 g/mol. The maximum absolute atomic E-state index is 13.2. The van der Waals surface area contributed by atoms with Gasteiger partial charge in [-0.05, 0) is 73.0 Å². The molecular weight excluding hydrogens is 382 g/mol. The Morgan fingerprint density at radius 1 is 1.43 bits per heavy atom. The van der Waals surface area contributed by atoms with Crippen LogP contribution in [0.3, 0.4) is 0 Å². The fourth-order valence-electron chi connectivity index (χ4n) is 3.22. The molecule has 3 nitrogen and oxygen atoms in total. The Bertz CT molecular complexity index is 509. The van der Waals surface area contributed by atoms with Crippen LogP contribution in [0.1, 0.15) is 43.0 Å². The molecule has 1 saturated carbocycles. The molecule has 0 radical (unpaired) electrons. The van der Waals surface area contributed by atoms with Crippen molar-refractivity contribution >= 4 is 28.5 Å². The van der Waals surface area contributed by atoms with E-state index in [1.807, 2.05) is 34.4 Å². The predicted octanol–water partition coefficient (Wildman–Crippen LogP) is 3.41. The van der Waals surface area contributed by atoms with Gasteiger partial charge < -0.3 is 10.6 Å². The van der Waals surface area contributed by atoms with Crippen LogP contribution >= 0.6 is 22.6 Å². The van der Waals surface area contributed by atoms with Crippen LogP contribution in [0.15, 0.2) is 18.2 Å². The first-order chi connectivity index (χ1) is 10.1. The summed E-state index contributed by atoms with van der Waals surface area (Å²) in [6.07, 6.45) is 4.44. The molecule has 1 aliphatic carbocycles. The van der Waals surface area contributed by atoms with Gasteiger partial charge in [-0.3, -0.25) is 4.79 Å². The molecule has 0 aromatic heterocycles. The minimum atomic E-state index is -0.309. The quantitative estimate of drug-likeness (QED) is 0.782. The molecule has 116 valence electrons. The number of hydrogen-bond acceptors (Lipinski definition) is 2. The molecule has 21 heavy (non-hydrogen) atoms. The lowest BCUT2D eigenvalue weighted by Crippen LogP contribution is -2.48. The molecule has 1 aliphatic rings. The second-order valence-corrected chi connectivity index (χ2v) is 6.73. The lowest BCUT2D eigenvalue weighted by atomic mass is 9.83. The van der Waals surface area contributed by atoms with E-state index in [-0.39, 0.29) is 17.8 Å². The van der Waals surface area contributed by atoms with Crippen molar-refractivity contribution in [3.63, 3.8) is 0 Å². The van der Waals surface area contributed by atoms with Gasteiger partial charge in [0.25, 0.3) is 5.91 Å². The summed E-state index contributed by atoms with van der Waals surface area (Å²) < 4.78 is 13.9. The van der Waals surface area contributed by atoms with E-state index < -0.39 is 0 Å². The summed E-state index contributed by atoms with van der Waals surface area (Å²) in [7, 11) is 0. The minimum Gasteiger partial charge on any atom is -0.336 e. The molecule has 0 aliphatic heterocycles. The number of carbonyl (C=O) groups excluding carboxylic acids is 1. The monoisotopic (exact) mass is 404 g/mol. The first-order valence-electron chi connectivity index (χ1n) is 7.54.